The van der Waals surface area contributed by atoms with Gasteiger partial charge in [0.1, 0.15) is 5.82 Å². The van der Waals surface area contributed by atoms with Gasteiger partial charge in [0.05, 0.1) is 17.1 Å². The zero-order valence-electron chi connectivity index (χ0n) is 15.9. The third kappa shape index (κ3) is 3.39. The second-order valence-electron chi connectivity index (χ2n) is 7.20. The van der Waals surface area contributed by atoms with Crippen LogP contribution in [0.3, 0.4) is 0 Å². The first kappa shape index (κ1) is 18.6. The van der Waals surface area contributed by atoms with Gasteiger partial charge in [-0.1, -0.05) is 0 Å². The van der Waals surface area contributed by atoms with Crippen LogP contribution >= 0.6 is 0 Å². The molecule has 30 heavy (non-hydrogen) atoms. The van der Waals surface area contributed by atoms with Crippen LogP contribution in [0, 0.1) is 5.82 Å². The zero-order valence-corrected chi connectivity index (χ0v) is 16.8. The lowest BCUT2D eigenvalue weighted by atomic mass is 10.1. The Hall–Kier alpha value is -3.40. The first-order valence-electron chi connectivity index (χ1n) is 9.33. The minimum Gasteiger partial charge on any atom is -0.364 e. The summed E-state index contributed by atoms with van der Waals surface area (Å²) in [5.74, 6) is 0.273. The maximum absolute atomic E-state index is 13.5. The van der Waals surface area contributed by atoms with E-state index >= 15 is 0 Å². The number of hydrogen-bond acceptors (Lipinski definition) is 7. The van der Waals surface area contributed by atoms with Crippen molar-refractivity contribution in [1.82, 2.24) is 24.3 Å². The molecule has 1 aromatic carbocycles. The summed E-state index contributed by atoms with van der Waals surface area (Å²) < 4.78 is 39.3. The number of anilines is 1. The average Bonchev–Trinajstić information content (AvgIpc) is 3.45. The zero-order chi connectivity index (χ0) is 20.9. The smallest absolute Gasteiger partial charge is 0.247 e. The Bertz CT molecular complexity index is 1360. The lowest BCUT2D eigenvalue weighted by molar-refractivity contribution is 0.593. The third-order valence-corrected chi connectivity index (χ3v) is 5.65. The second-order valence-corrected chi connectivity index (χ2v) is 9.11. The van der Waals surface area contributed by atoms with Crippen LogP contribution in [0.2, 0.25) is 0 Å². The van der Waals surface area contributed by atoms with Gasteiger partial charge < -0.3 is 5.32 Å². The predicted molar refractivity (Wildman–Crippen MR) is 109 cm³/mol. The fraction of sp³-hybridized carbons (Fsp3) is 0.200. The number of benzene rings is 1. The minimum absolute atomic E-state index is 0.273. The Labute approximate surface area is 171 Å². The topological polar surface area (TPSA) is 102 Å². The van der Waals surface area contributed by atoms with E-state index in [0.717, 1.165) is 19.1 Å². The minimum atomic E-state index is -3.59. The van der Waals surface area contributed by atoms with Crippen LogP contribution in [0.1, 0.15) is 12.8 Å². The molecule has 0 amide bonds. The first-order chi connectivity index (χ1) is 14.4. The Balaban J connectivity index is 1.78. The summed E-state index contributed by atoms with van der Waals surface area (Å²) >= 11 is 0. The van der Waals surface area contributed by atoms with Gasteiger partial charge in [-0.15, -0.1) is 0 Å². The van der Waals surface area contributed by atoms with E-state index in [0.29, 0.717) is 40.2 Å². The Morgan fingerprint density at radius 1 is 1.07 bits per heavy atom. The summed E-state index contributed by atoms with van der Waals surface area (Å²) in [4.78, 5) is 17.3. The summed E-state index contributed by atoms with van der Waals surface area (Å²) in [5, 5.41) is 3.09. The van der Waals surface area contributed by atoms with Gasteiger partial charge in [-0.05, 0) is 43.2 Å². The first-order valence-corrected chi connectivity index (χ1v) is 11.2. The normalized spacial score (nSPS) is 14.2. The van der Waals surface area contributed by atoms with E-state index in [9.17, 15) is 12.8 Å². The summed E-state index contributed by atoms with van der Waals surface area (Å²) in [6.45, 7) is 0. The van der Waals surface area contributed by atoms with Crippen LogP contribution in [0.5, 0.6) is 0 Å². The number of nitrogens with zero attached hydrogens (tertiary/aromatic N) is 5. The molecule has 1 aliphatic rings. The third-order valence-electron chi connectivity index (χ3n) is 4.79. The summed E-state index contributed by atoms with van der Waals surface area (Å²) in [6.07, 6.45) is 8.00. The molecule has 1 fully saturated rings. The van der Waals surface area contributed by atoms with Crippen LogP contribution in [0.15, 0.2) is 54.1 Å². The highest BCUT2D eigenvalue weighted by Gasteiger charge is 2.25. The largest absolute Gasteiger partial charge is 0.364 e. The van der Waals surface area contributed by atoms with Crippen LogP contribution in [-0.2, 0) is 9.84 Å². The van der Waals surface area contributed by atoms with Crippen molar-refractivity contribution >= 4 is 21.3 Å². The van der Waals surface area contributed by atoms with Gasteiger partial charge in [-0.2, -0.15) is 0 Å². The molecule has 3 aromatic heterocycles. The molecular weight excluding hydrogens is 407 g/mol. The van der Waals surface area contributed by atoms with Crippen LogP contribution < -0.4 is 5.32 Å². The molecule has 10 heteroatoms. The second kappa shape index (κ2) is 6.84. The fourth-order valence-electron chi connectivity index (χ4n) is 3.21. The Morgan fingerprint density at radius 2 is 1.83 bits per heavy atom. The van der Waals surface area contributed by atoms with E-state index in [2.05, 4.69) is 20.3 Å². The van der Waals surface area contributed by atoms with Gasteiger partial charge in [0, 0.05) is 36.5 Å². The molecule has 3 heterocycles. The molecule has 0 aliphatic heterocycles. The molecule has 0 saturated heterocycles. The number of hydrogen-bond donors (Lipinski definition) is 1. The van der Waals surface area contributed by atoms with Crippen LogP contribution in [0.4, 0.5) is 10.2 Å². The molecule has 0 unspecified atom stereocenters. The highest BCUT2D eigenvalue weighted by Crippen LogP contribution is 2.34. The lowest BCUT2D eigenvalue weighted by Crippen LogP contribution is -2.06. The summed E-state index contributed by atoms with van der Waals surface area (Å²) in [7, 11) is -3.59. The highest BCUT2D eigenvalue weighted by molar-refractivity contribution is 7.90. The maximum atomic E-state index is 13.5. The maximum Gasteiger partial charge on any atom is 0.247 e. The van der Waals surface area contributed by atoms with Crippen LogP contribution in [0.25, 0.3) is 28.3 Å². The molecule has 8 nitrogen and oxygen atoms in total. The van der Waals surface area contributed by atoms with E-state index in [-0.39, 0.29) is 11.0 Å². The van der Waals surface area contributed by atoms with E-state index in [1.54, 1.807) is 30.6 Å². The molecule has 0 spiro atoms. The average molecular weight is 424 g/mol. The predicted octanol–water partition coefficient (Wildman–Crippen LogP) is 2.97. The van der Waals surface area contributed by atoms with E-state index in [4.69, 9.17) is 4.98 Å². The van der Waals surface area contributed by atoms with Crippen molar-refractivity contribution in [2.24, 2.45) is 0 Å². The monoisotopic (exact) mass is 424 g/mol. The number of fused-ring (bicyclic) bond motifs is 1. The van der Waals surface area contributed by atoms with E-state index in [1.807, 2.05) is 4.40 Å². The molecule has 0 radical (unpaired) electrons. The number of aromatic nitrogens is 5. The molecular formula is C20H17FN6O2S. The van der Waals surface area contributed by atoms with Crippen molar-refractivity contribution < 1.29 is 12.8 Å². The number of imidazole rings is 1. The molecule has 1 aliphatic carbocycles. The molecule has 0 atom stereocenters. The van der Waals surface area contributed by atoms with Crippen molar-refractivity contribution in [3.63, 3.8) is 0 Å². The van der Waals surface area contributed by atoms with Gasteiger partial charge in [-0.25, -0.2) is 32.7 Å². The molecule has 4 aromatic rings. The molecule has 1 N–H and O–H groups in total. The molecule has 152 valence electrons. The summed E-state index contributed by atoms with van der Waals surface area (Å²) in [5.41, 5.74) is 2.76. The number of sulfone groups is 1. The van der Waals surface area contributed by atoms with E-state index < -0.39 is 9.84 Å². The quantitative estimate of drug-likeness (QED) is 0.491. The van der Waals surface area contributed by atoms with Gasteiger partial charge in [0.25, 0.3) is 0 Å². The molecule has 0 bridgehead atoms. The van der Waals surface area contributed by atoms with E-state index in [1.165, 1.54) is 18.3 Å². The number of halogens is 1. The van der Waals surface area contributed by atoms with Gasteiger partial charge in [0.15, 0.2) is 11.5 Å². The Morgan fingerprint density at radius 3 is 2.53 bits per heavy atom. The van der Waals surface area contributed by atoms with Gasteiger partial charge in [-0.3, -0.25) is 4.40 Å². The Kier molecular flexibility index (Phi) is 4.24. The SMILES string of the molecule is CS(=O)(=O)c1nccc(-c2c(-c3ccc(F)cc3)nc3c(NC4CC4)nccn23)n1. The standard InChI is InChI=1S/C20H17FN6O2S/c1-30(28,29)20-23-9-8-15(25-20)17-16(12-2-4-13(21)5-3-12)26-19-18(24-14-6-7-14)22-10-11-27(17)19/h2-5,8-11,14H,6-7H2,1H3,(H,22,24). The van der Waals surface area contributed by atoms with Crippen molar-refractivity contribution in [1.29, 1.82) is 0 Å². The van der Waals surface area contributed by atoms with Crippen molar-refractivity contribution in [2.75, 3.05) is 11.6 Å². The van der Waals surface area contributed by atoms with Crippen molar-refractivity contribution in [3.05, 3.63) is 54.7 Å². The number of nitrogens with one attached hydrogen (secondary N) is 1. The highest BCUT2D eigenvalue weighted by atomic mass is 32.2. The molecule has 1 saturated carbocycles. The fourth-order valence-corrected chi connectivity index (χ4v) is 3.72. The van der Waals surface area contributed by atoms with Crippen molar-refractivity contribution in [3.8, 4) is 22.6 Å². The van der Waals surface area contributed by atoms with Crippen molar-refractivity contribution in [2.45, 2.75) is 24.0 Å². The van der Waals surface area contributed by atoms with Gasteiger partial charge in [0.2, 0.25) is 15.0 Å². The lowest BCUT2D eigenvalue weighted by Gasteiger charge is -2.07. The number of rotatable bonds is 5. The van der Waals surface area contributed by atoms with Gasteiger partial charge >= 0.3 is 0 Å². The molecule has 5 rings (SSSR count). The summed E-state index contributed by atoms with van der Waals surface area (Å²) in [6, 6.07) is 7.95. The van der Waals surface area contributed by atoms with Crippen LogP contribution in [-0.4, -0.2) is 45.1 Å².